The molecule has 1 N–H and O–H groups in total. The van der Waals surface area contributed by atoms with E-state index in [1.165, 1.54) is 6.92 Å². The molecule has 0 radical (unpaired) electrons. The Morgan fingerprint density at radius 1 is 1.67 bits per heavy atom. The Kier molecular flexibility index (Phi) is 5.37. The van der Waals surface area contributed by atoms with E-state index < -0.39 is 12.1 Å². The van der Waals surface area contributed by atoms with Gasteiger partial charge in [0.1, 0.15) is 0 Å². The largest absolute Gasteiger partial charge is 0.462 e. The van der Waals surface area contributed by atoms with E-state index in [1.54, 1.807) is 0 Å². The second-order valence-electron chi connectivity index (χ2n) is 2.69. The van der Waals surface area contributed by atoms with Gasteiger partial charge in [-0.2, -0.15) is 0 Å². The first-order valence-corrected chi connectivity index (χ1v) is 4.13. The van der Waals surface area contributed by atoms with Crippen LogP contribution in [0, 0.1) is 0 Å². The van der Waals surface area contributed by atoms with Gasteiger partial charge in [0.15, 0.2) is 0 Å². The van der Waals surface area contributed by atoms with Crippen molar-refractivity contribution in [2.24, 2.45) is 0 Å². The second-order valence-corrected chi connectivity index (χ2v) is 2.69. The summed E-state index contributed by atoms with van der Waals surface area (Å²) in [5.74, 6) is -0.501. The quantitative estimate of drug-likeness (QED) is 0.386. The molecule has 70 valence electrons. The van der Waals surface area contributed by atoms with Gasteiger partial charge < -0.3 is 9.84 Å². The third kappa shape index (κ3) is 4.13. The van der Waals surface area contributed by atoms with E-state index in [2.05, 4.69) is 6.58 Å². The molecule has 0 spiro atoms. The van der Waals surface area contributed by atoms with Gasteiger partial charge in [-0.15, -0.1) is 0 Å². The molecule has 0 rings (SSSR count). The molecule has 0 aromatic heterocycles. The number of ether oxygens (including phenoxy) is 1. The average Bonchev–Trinajstić information content (AvgIpc) is 2.03. The normalized spacial score (nSPS) is 12.2. The highest BCUT2D eigenvalue weighted by molar-refractivity contribution is 5.88. The SMILES string of the molecule is C=C(C(=O)OCCCC)[C@H](C)O. The minimum absolute atomic E-state index is 0.117. The lowest BCUT2D eigenvalue weighted by Gasteiger charge is -2.07. The van der Waals surface area contributed by atoms with Crippen LogP contribution < -0.4 is 0 Å². The number of aliphatic hydroxyl groups is 1. The van der Waals surface area contributed by atoms with E-state index in [0.717, 1.165) is 12.8 Å². The van der Waals surface area contributed by atoms with Gasteiger partial charge in [-0.05, 0) is 13.3 Å². The molecular formula is C9H16O3. The zero-order chi connectivity index (χ0) is 9.56. The summed E-state index contributed by atoms with van der Waals surface area (Å²) in [6, 6.07) is 0. The molecule has 0 aromatic carbocycles. The predicted molar refractivity (Wildman–Crippen MR) is 46.7 cm³/mol. The number of rotatable bonds is 5. The zero-order valence-electron chi connectivity index (χ0n) is 7.67. The molecule has 0 saturated heterocycles. The molecule has 0 amide bonds. The number of carbonyl (C=O) groups excluding carboxylic acids is 1. The van der Waals surface area contributed by atoms with Crippen LogP contribution >= 0.6 is 0 Å². The maximum absolute atomic E-state index is 11.0. The fourth-order valence-corrected chi connectivity index (χ4v) is 0.572. The summed E-state index contributed by atoms with van der Waals surface area (Å²) in [5, 5.41) is 8.95. The molecular weight excluding hydrogens is 156 g/mol. The molecule has 0 saturated carbocycles. The smallest absolute Gasteiger partial charge is 0.336 e. The highest BCUT2D eigenvalue weighted by Crippen LogP contribution is 2.01. The first-order chi connectivity index (χ1) is 5.59. The van der Waals surface area contributed by atoms with Crippen LogP contribution in [-0.2, 0) is 9.53 Å². The second kappa shape index (κ2) is 5.77. The average molecular weight is 172 g/mol. The third-order valence-electron chi connectivity index (χ3n) is 1.50. The van der Waals surface area contributed by atoms with Crippen LogP contribution in [0.1, 0.15) is 26.7 Å². The topological polar surface area (TPSA) is 46.5 Å². The van der Waals surface area contributed by atoms with Crippen molar-refractivity contribution in [1.82, 2.24) is 0 Å². The minimum Gasteiger partial charge on any atom is -0.462 e. The number of hydrogen-bond acceptors (Lipinski definition) is 3. The molecule has 12 heavy (non-hydrogen) atoms. The maximum atomic E-state index is 11.0. The van der Waals surface area contributed by atoms with Crippen LogP contribution in [0.25, 0.3) is 0 Å². The molecule has 3 heteroatoms. The summed E-state index contributed by atoms with van der Waals surface area (Å²) < 4.78 is 4.81. The molecule has 0 aliphatic heterocycles. The molecule has 0 heterocycles. The predicted octanol–water partition coefficient (Wildman–Crippen LogP) is 1.27. The number of carbonyl (C=O) groups is 1. The number of unbranched alkanes of at least 4 members (excludes halogenated alkanes) is 1. The third-order valence-corrected chi connectivity index (χ3v) is 1.50. The summed E-state index contributed by atoms with van der Waals surface area (Å²) in [6.07, 6.45) is 1.01. The van der Waals surface area contributed by atoms with Gasteiger partial charge in [-0.3, -0.25) is 0 Å². The summed E-state index contributed by atoms with van der Waals surface area (Å²) in [4.78, 5) is 11.0. The summed E-state index contributed by atoms with van der Waals surface area (Å²) in [7, 11) is 0. The van der Waals surface area contributed by atoms with Gasteiger partial charge >= 0.3 is 5.97 Å². The minimum atomic E-state index is -0.820. The Bertz CT molecular complexity index is 161. The van der Waals surface area contributed by atoms with Crippen molar-refractivity contribution in [2.75, 3.05) is 6.61 Å². The van der Waals surface area contributed by atoms with E-state index in [1.807, 2.05) is 6.92 Å². The zero-order valence-corrected chi connectivity index (χ0v) is 7.67. The van der Waals surface area contributed by atoms with Crippen LogP contribution in [0.4, 0.5) is 0 Å². The highest BCUT2D eigenvalue weighted by atomic mass is 16.5. The van der Waals surface area contributed by atoms with E-state index in [-0.39, 0.29) is 5.57 Å². The monoisotopic (exact) mass is 172 g/mol. The Hall–Kier alpha value is -0.830. The van der Waals surface area contributed by atoms with Crippen molar-refractivity contribution in [1.29, 1.82) is 0 Å². The fraction of sp³-hybridized carbons (Fsp3) is 0.667. The van der Waals surface area contributed by atoms with Crippen LogP contribution in [-0.4, -0.2) is 23.8 Å². The van der Waals surface area contributed by atoms with Gasteiger partial charge in [0.05, 0.1) is 18.3 Å². The fourth-order valence-electron chi connectivity index (χ4n) is 0.572. The Labute approximate surface area is 73.0 Å². The van der Waals surface area contributed by atoms with E-state index >= 15 is 0 Å². The number of esters is 1. The molecule has 0 aliphatic rings. The highest BCUT2D eigenvalue weighted by Gasteiger charge is 2.12. The van der Waals surface area contributed by atoms with Crippen molar-refractivity contribution < 1.29 is 14.6 Å². The summed E-state index contributed by atoms with van der Waals surface area (Å²) in [6.45, 7) is 7.31. The molecule has 0 fully saturated rings. The molecule has 0 aromatic rings. The molecule has 0 bridgehead atoms. The number of hydrogen-bond donors (Lipinski definition) is 1. The Morgan fingerprint density at radius 2 is 2.25 bits per heavy atom. The van der Waals surface area contributed by atoms with E-state index in [0.29, 0.717) is 6.61 Å². The standard InChI is InChI=1S/C9H16O3/c1-4-5-6-12-9(11)7(2)8(3)10/h8,10H,2,4-6H2,1,3H3/t8-/m0/s1. The van der Waals surface area contributed by atoms with Crippen molar-refractivity contribution >= 4 is 5.97 Å². The van der Waals surface area contributed by atoms with Crippen molar-refractivity contribution in [2.45, 2.75) is 32.8 Å². The maximum Gasteiger partial charge on any atom is 0.336 e. The van der Waals surface area contributed by atoms with Gasteiger partial charge in [-0.1, -0.05) is 19.9 Å². The van der Waals surface area contributed by atoms with Crippen LogP contribution in [0.3, 0.4) is 0 Å². The van der Waals surface area contributed by atoms with Crippen molar-refractivity contribution in [3.63, 3.8) is 0 Å². The molecule has 1 atom stereocenters. The molecule has 3 nitrogen and oxygen atoms in total. The van der Waals surface area contributed by atoms with Crippen molar-refractivity contribution in [3.8, 4) is 0 Å². The van der Waals surface area contributed by atoms with Gasteiger partial charge in [-0.25, -0.2) is 4.79 Å². The molecule has 0 aliphatic carbocycles. The Balaban J connectivity index is 3.65. The van der Waals surface area contributed by atoms with Gasteiger partial charge in [0.25, 0.3) is 0 Å². The van der Waals surface area contributed by atoms with E-state index in [4.69, 9.17) is 9.84 Å². The van der Waals surface area contributed by atoms with Crippen LogP contribution in [0.5, 0.6) is 0 Å². The Morgan fingerprint density at radius 3 is 2.67 bits per heavy atom. The lowest BCUT2D eigenvalue weighted by molar-refractivity contribution is -0.140. The summed E-state index contributed by atoms with van der Waals surface area (Å²) in [5.41, 5.74) is 0.117. The van der Waals surface area contributed by atoms with Gasteiger partial charge in [0.2, 0.25) is 0 Å². The van der Waals surface area contributed by atoms with E-state index in [9.17, 15) is 4.79 Å². The molecule has 0 unspecified atom stereocenters. The summed E-state index contributed by atoms with van der Waals surface area (Å²) >= 11 is 0. The lowest BCUT2D eigenvalue weighted by Crippen LogP contribution is -2.16. The number of aliphatic hydroxyl groups excluding tert-OH is 1. The van der Waals surface area contributed by atoms with Crippen molar-refractivity contribution in [3.05, 3.63) is 12.2 Å². The lowest BCUT2D eigenvalue weighted by atomic mass is 10.2. The van der Waals surface area contributed by atoms with Gasteiger partial charge in [0, 0.05) is 0 Å². The first-order valence-electron chi connectivity index (χ1n) is 4.13. The first kappa shape index (κ1) is 11.2. The van der Waals surface area contributed by atoms with Crippen LogP contribution in [0.15, 0.2) is 12.2 Å². The van der Waals surface area contributed by atoms with Crippen LogP contribution in [0.2, 0.25) is 0 Å².